The molecule has 5 rings (SSSR count). The van der Waals surface area contributed by atoms with Gasteiger partial charge in [0.1, 0.15) is 24.3 Å². The number of fused-ring (bicyclic) bond motifs is 1. The molecule has 9 nitrogen and oxygen atoms in total. The minimum atomic E-state index is 0.0655. The van der Waals surface area contributed by atoms with Crippen molar-refractivity contribution in [1.29, 1.82) is 5.26 Å². The summed E-state index contributed by atoms with van der Waals surface area (Å²) < 4.78 is 6.05. The molecule has 1 atom stereocenters. The monoisotopic (exact) mass is 412 g/mol. The maximum absolute atomic E-state index is 9.51. The Morgan fingerprint density at radius 1 is 1.23 bits per heavy atom. The quantitative estimate of drug-likeness (QED) is 0.441. The Hall–Kier alpha value is -4.03. The molecule has 0 radical (unpaired) electrons. The van der Waals surface area contributed by atoms with Crippen LogP contribution in [0, 0.1) is 11.3 Å². The van der Waals surface area contributed by atoms with Crippen molar-refractivity contribution >= 4 is 22.5 Å². The number of aromatic amines is 1. The van der Waals surface area contributed by atoms with Gasteiger partial charge in [0.25, 0.3) is 0 Å². The van der Waals surface area contributed by atoms with Crippen LogP contribution in [0.25, 0.3) is 10.9 Å². The molecule has 1 unspecified atom stereocenters. The maximum Gasteiger partial charge on any atom is 0.227 e. The largest absolute Gasteiger partial charge is 0.488 e. The van der Waals surface area contributed by atoms with Crippen LogP contribution in [0.3, 0.4) is 0 Å². The number of hydrogen-bond donors (Lipinski definition) is 3. The average molecular weight is 412 g/mol. The number of nitriles is 1. The Bertz CT molecular complexity index is 1240. The highest BCUT2D eigenvalue weighted by Crippen LogP contribution is 2.27. The normalized spacial score (nSPS) is 15.6. The smallest absolute Gasteiger partial charge is 0.227 e. The van der Waals surface area contributed by atoms with E-state index < -0.39 is 0 Å². The number of benzene rings is 2. The van der Waals surface area contributed by atoms with Gasteiger partial charge in [0.2, 0.25) is 5.95 Å². The molecule has 1 aliphatic heterocycles. The second kappa shape index (κ2) is 8.38. The van der Waals surface area contributed by atoms with Crippen LogP contribution in [-0.2, 0) is 6.42 Å². The second-order valence-electron chi connectivity index (χ2n) is 7.36. The van der Waals surface area contributed by atoms with Crippen molar-refractivity contribution in [2.45, 2.75) is 18.9 Å². The number of H-pyrrole nitrogens is 1. The second-order valence-corrected chi connectivity index (χ2v) is 7.36. The van der Waals surface area contributed by atoms with Crippen LogP contribution in [0.4, 0.5) is 11.6 Å². The van der Waals surface area contributed by atoms with Gasteiger partial charge in [0, 0.05) is 36.3 Å². The fourth-order valence-electron chi connectivity index (χ4n) is 3.60. The zero-order valence-corrected chi connectivity index (χ0v) is 16.7. The van der Waals surface area contributed by atoms with Gasteiger partial charge in [0.15, 0.2) is 5.82 Å². The molecule has 3 heterocycles. The van der Waals surface area contributed by atoms with Crippen molar-refractivity contribution in [2.75, 3.05) is 18.4 Å². The Balaban J connectivity index is 1.39. The molecular formula is C22H20N8O. The molecule has 0 saturated carbocycles. The summed E-state index contributed by atoms with van der Waals surface area (Å²) in [4.78, 5) is 13.2. The van der Waals surface area contributed by atoms with Crippen molar-refractivity contribution in [1.82, 2.24) is 30.5 Å². The highest BCUT2D eigenvalue weighted by molar-refractivity contribution is 5.83. The summed E-state index contributed by atoms with van der Waals surface area (Å²) in [7, 11) is 0. The summed E-state index contributed by atoms with van der Waals surface area (Å²) in [5.74, 6) is 1.76. The van der Waals surface area contributed by atoms with Gasteiger partial charge in [-0.05, 0) is 36.7 Å². The van der Waals surface area contributed by atoms with E-state index in [-0.39, 0.29) is 6.10 Å². The Labute approximate surface area is 178 Å². The molecule has 154 valence electrons. The number of nitrogens with zero attached hydrogens (tertiary/aromatic N) is 5. The van der Waals surface area contributed by atoms with Crippen molar-refractivity contribution in [3.63, 3.8) is 0 Å². The number of aromatic nitrogens is 5. The Kier molecular flexibility index (Phi) is 5.12. The molecule has 0 amide bonds. The Morgan fingerprint density at radius 2 is 2.19 bits per heavy atom. The number of ether oxygens (including phenoxy) is 1. The van der Waals surface area contributed by atoms with Crippen LogP contribution in [0.2, 0.25) is 0 Å². The minimum absolute atomic E-state index is 0.0655. The molecule has 31 heavy (non-hydrogen) atoms. The van der Waals surface area contributed by atoms with Crippen LogP contribution in [0.5, 0.6) is 5.75 Å². The van der Waals surface area contributed by atoms with Gasteiger partial charge in [-0.3, -0.25) is 5.10 Å². The van der Waals surface area contributed by atoms with Crippen LogP contribution < -0.4 is 15.4 Å². The van der Waals surface area contributed by atoms with Crippen molar-refractivity contribution in [2.24, 2.45) is 0 Å². The molecule has 0 aliphatic carbocycles. The van der Waals surface area contributed by atoms with Gasteiger partial charge in [0.05, 0.1) is 11.1 Å². The van der Waals surface area contributed by atoms with Crippen LogP contribution >= 0.6 is 0 Å². The van der Waals surface area contributed by atoms with Crippen molar-refractivity contribution < 1.29 is 4.74 Å². The van der Waals surface area contributed by atoms with Gasteiger partial charge in [-0.1, -0.05) is 12.1 Å². The summed E-state index contributed by atoms with van der Waals surface area (Å²) >= 11 is 0. The summed E-state index contributed by atoms with van der Waals surface area (Å²) in [5, 5.41) is 23.6. The number of rotatable bonds is 6. The lowest BCUT2D eigenvalue weighted by molar-refractivity contribution is 0.222. The van der Waals surface area contributed by atoms with Gasteiger partial charge in [-0.25, -0.2) is 15.0 Å². The molecule has 1 fully saturated rings. The first-order valence-corrected chi connectivity index (χ1v) is 10.1. The predicted octanol–water partition coefficient (Wildman–Crippen LogP) is 2.69. The highest BCUT2D eigenvalue weighted by atomic mass is 16.5. The maximum atomic E-state index is 9.51. The zero-order chi connectivity index (χ0) is 21.0. The van der Waals surface area contributed by atoms with E-state index in [0.29, 0.717) is 29.2 Å². The lowest BCUT2D eigenvalue weighted by Gasteiger charge is -2.14. The summed E-state index contributed by atoms with van der Waals surface area (Å²) in [6.45, 7) is 1.70. The predicted molar refractivity (Wildman–Crippen MR) is 115 cm³/mol. The van der Waals surface area contributed by atoms with E-state index in [1.165, 1.54) is 0 Å². The number of anilines is 2. The van der Waals surface area contributed by atoms with E-state index in [1.807, 2.05) is 30.3 Å². The SMILES string of the molecule is N#Cc1cc2cnc(Nc3cccc(Cc4nc[nH]n4)c3)nc2cc1OC1CCNC1. The van der Waals surface area contributed by atoms with Crippen molar-refractivity contribution in [3.8, 4) is 11.8 Å². The zero-order valence-electron chi connectivity index (χ0n) is 16.7. The van der Waals surface area contributed by atoms with Crippen LogP contribution in [-0.4, -0.2) is 44.3 Å². The molecule has 3 N–H and O–H groups in total. The van der Waals surface area contributed by atoms with E-state index in [1.54, 1.807) is 18.6 Å². The molecule has 0 spiro atoms. The van der Waals surface area contributed by atoms with Gasteiger partial charge < -0.3 is 15.4 Å². The third kappa shape index (κ3) is 4.29. The standard InChI is InChI=1S/C22H20N8O/c23-10-15-8-16-11-25-22(29-19(16)9-20(15)31-18-4-5-24-12-18)28-17-3-1-2-14(6-17)7-21-26-13-27-30-21/h1-3,6,8-9,11,13,18,24H,4-5,7,12H2,(H,25,28,29)(H,26,27,30). The fraction of sp³-hybridized carbons (Fsp3) is 0.227. The topological polar surface area (TPSA) is 124 Å². The van der Waals surface area contributed by atoms with Gasteiger partial charge in [-0.2, -0.15) is 10.4 Å². The fourth-order valence-corrected chi connectivity index (χ4v) is 3.60. The average Bonchev–Trinajstić information content (AvgIpc) is 3.48. The summed E-state index contributed by atoms with van der Waals surface area (Å²) in [6, 6.07) is 13.8. The van der Waals surface area contributed by atoms with Gasteiger partial charge in [-0.15, -0.1) is 0 Å². The lowest BCUT2D eigenvalue weighted by Crippen LogP contribution is -2.20. The number of hydrogen-bond acceptors (Lipinski definition) is 8. The highest BCUT2D eigenvalue weighted by Gasteiger charge is 2.18. The van der Waals surface area contributed by atoms with E-state index in [0.717, 1.165) is 42.0 Å². The number of nitrogens with one attached hydrogen (secondary N) is 3. The first-order chi connectivity index (χ1) is 15.3. The van der Waals surface area contributed by atoms with E-state index >= 15 is 0 Å². The van der Waals surface area contributed by atoms with Crippen LogP contribution in [0.15, 0.2) is 48.9 Å². The first-order valence-electron chi connectivity index (χ1n) is 10.1. The van der Waals surface area contributed by atoms with Crippen LogP contribution in [0.1, 0.15) is 23.4 Å². The molecule has 1 aliphatic rings. The molecule has 1 saturated heterocycles. The molecule has 0 bridgehead atoms. The molecule has 2 aromatic carbocycles. The van der Waals surface area contributed by atoms with E-state index in [4.69, 9.17) is 4.74 Å². The van der Waals surface area contributed by atoms with Crippen molar-refractivity contribution in [3.05, 3.63) is 65.9 Å². The van der Waals surface area contributed by atoms with E-state index in [9.17, 15) is 5.26 Å². The lowest BCUT2D eigenvalue weighted by atomic mass is 10.1. The Morgan fingerprint density at radius 3 is 3.00 bits per heavy atom. The van der Waals surface area contributed by atoms with E-state index in [2.05, 4.69) is 41.9 Å². The van der Waals surface area contributed by atoms with Gasteiger partial charge >= 0.3 is 0 Å². The summed E-state index contributed by atoms with van der Waals surface area (Å²) in [5.41, 5.74) is 3.15. The third-order valence-electron chi connectivity index (χ3n) is 5.12. The minimum Gasteiger partial charge on any atom is -0.488 e. The first kappa shape index (κ1) is 19.0. The molecule has 4 aromatic rings. The molecular weight excluding hydrogens is 392 g/mol. The molecule has 9 heteroatoms. The molecule has 2 aromatic heterocycles. The summed E-state index contributed by atoms with van der Waals surface area (Å²) in [6.07, 6.45) is 4.90. The third-order valence-corrected chi connectivity index (χ3v) is 5.12.